The molecule has 278 valence electrons. The Hall–Kier alpha value is -6.44. The van der Waals surface area contributed by atoms with Gasteiger partial charge in [0, 0.05) is 22.4 Å². The van der Waals surface area contributed by atoms with Crippen LogP contribution in [-0.2, 0) is 23.7 Å². The molecule has 0 aromatic heterocycles. The number of fused-ring (bicyclic) bond motifs is 14. The molecule has 8 aromatic rings. The number of anilines is 3. The van der Waals surface area contributed by atoms with E-state index >= 15 is 0 Å². The predicted octanol–water partition coefficient (Wildman–Crippen LogP) is 14.7. The van der Waals surface area contributed by atoms with Gasteiger partial charge in [0.15, 0.2) is 0 Å². The van der Waals surface area contributed by atoms with Crippen molar-refractivity contribution in [3.63, 3.8) is 0 Å². The SMILES string of the molecule is Cc1cc2c(cc1-c1cc3c(cc1N(c1ccccc1)c1ccc4c(c1)C(C)(C)c1ccccc1-4)C1(c4ccccc4-c4ccccc41)c1ccccc1-3)CCCC2. The number of rotatable bonds is 4. The molecule has 8 aromatic carbocycles. The first-order valence-electron chi connectivity index (χ1n) is 21.1. The zero-order chi connectivity index (χ0) is 38.8. The number of nitrogens with zero attached hydrogens (tertiary/aromatic N) is 1. The molecule has 0 fully saturated rings. The van der Waals surface area contributed by atoms with Crippen molar-refractivity contribution >= 4 is 17.1 Å². The maximum absolute atomic E-state index is 2.60. The Labute approximate surface area is 342 Å². The third-order valence-corrected chi connectivity index (χ3v) is 14.2. The summed E-state index contributed by atoms with van der Waals surface area (Å²) in [5.74, 6) is 0. The minimum absolute atomic E-state index is 0.122. The Bertz CT molecular complexity index is 2950. The van der Waals surface area contributed by atoms with E-state index in [0.717, 1.165) is 12.1 Å². The van der Waals surface area contributed by atoms with Crippen LogP contribution in [0.4, 0.5) is 17.1 Å². The van der Waals surface area contributed by atoms with Gasteiger partial charge in [-0.1, -0.05) is 147 Å². The summed E-state index contributed by atoms with van der Waals surface area (Å²) in [6.45, 7) is 7.12. The van der Waals surface area contributed by atoms with Crippen molar-refractivity contribution in [2.75, 3.05) is 4.90 Å². The van der Waals surface area contributed by atoms with E-state index in [0.29, 0.717) is 0 Å². The maximum atomic E-state index is 2.60. The van der Waals surface area contributed by atoms with Crippen LogP contribution in [0.1, 0.15) is 76.8 Å². The summed E-state index contributed by atoms with van der Waals surface area (Å²) in [6, 6.07) is 65.1. The van der Waals surface area contributed by atoms with Crippen LogP contribution in [0.25, 0.3) is 44.5 Å². The second kappa shape index (κ2) is 12.3. The summed E-state index contributed by atoms with van der Waals surface area (Å²) >= 11 is 0. The Balaban J connectivity index is 1.20. The number of para-hydroxylation sites is 1. The lowest BCUT2D eigenvalue weighted by molar-refractivity contribution is 0.660. The van der Waals surface area contributed by atoms with Crippen LogP contribution in [-0.4, -0.2) is 0 Å². The lowest BCUT2D eigenvalue weighted by Gasteiger charge is -2.34. The molecule has 1 heteroatoms. The zero-order valence-corrected chi connectivity index (χ0v) is 33.4. The van der Waals surface area contributed by atoms with E-state index in [1.807, 2.05) is 0 Å². The number of hydrogen-bond acceptors (Lipinski definition) is 1. The van der Waals surface area contributed by atoms with Gasteiger partial charge in [-0.25, -0.2) is 0 Å². The average Bonchev–Trinajstić information content (AvgIpc) is 3.82. The molecule has 0 amide bonds. The first kappa shape index (κ1) is 33.7. The summed E-state index contributed by atoms with van der Waals surface area (Å²) in [6.07, 6.45) is 4.85. The number of benzene rings is 8. The molecule has 0 radical (unpaired) electrons. The smallest absolute Gasteiger partial charge is 0.0726 e. The second-order valence-corrected chi connectivity index (χ2v) is 17.5. The van der Waals surface area contributed by atoms with Crippen molar-refractivity contribution in [2.24, 2.45) is 0 Å². The third-order valence-electron chi connectivity index (χ3n) is 14.2. The highest BCUT2D eigenvalue weighted by Gasteiger charge is 2.52. The normalized spacial score (nSPS) is 15.5. The van der Waals surface area contributed by atoms with Gasteiger partial charge in [-0.3, -0.25) is 0 Å². The molecule has 0 aliphatic heterocycles. The minimum atomic E-state index is -0.443. The van der Waals surface area contributed by atoms with Gasteiger partial charge in [-0.05, 0) is 158 Å². The lowest BCUT2D eigenvalue weighted by Crippen LogP contribution is -2.26. The van der Waals surface area contributed by atoms with Gasteiger partial charge in [-0.2, -0.15) is 0 Å². The molecular formula is C57H45N. The highest BCUT2D eigenvalue weighted by molar-refractivity contribution is 6.00. The quantitative estimate of drug-likeness (QED) is 0.173. The highest BCUT2D eigenvalue weighted by atomic mass is 15.1. The van der Waals surface area contributed by atoms with Crippen LogP contribution in [0.3, 0.4) is 0 Å². The molecule has 0 unspecified atom stereocenters. The lowest BCUT2D eigenvalue weighted by atomic mass is 9.70. The van der Waals surface area contributed by atoms with Gasteiger partial charge in [0.2, 0.25) is 0 Å². The van der Waals surface area contributed by atoms with Gasteiger partial charge in [0.1, 0.15) is 0 Å². The molecule has 0 atom stereocenters. The van der Waals surface area contributed by atoms with Crippen molar-refractivity contribution in [2.45, 2.75) is 57.3 Å². The predicted molar refractivity (Wildman–Crippen MR) is 242 cm³/mol. The Kier molecular flexibility index (Phi) is 7.13. The van der Waals surface area contributed by atoms with Crippen LogP contribution in [0.15, 0.2) is 170 Å². The van der Waals surface area contributed by atoms with E-state index in [1.54, 1.807) is 0 Å². The van der Waals surface area contributed by atoms with E-state index in [-0.39, 0.29) is 5.41 Å². The van der Waals surface area contributed by atoms with Crippen LogP contribution >= 0.6 is 0 Å². The highest BCUT2D eigenvalue weighted by Crippen LogP contribution is 2.64. The number of aryl methyl sites for hydroxylation is 3. The first-order valence-corrected chi connectivity index (χ1v) is 21.1. The van der Waals surface area contributed by atoms with E-state index in [1.165, 1.54) is 125 Å². The van der Waals surface area contributed by atoms with Crippen LogP contribution in [0.5, 0.6) is 0 Å². The maximum Gasteiger partial charge on any atom is 0.0726 e. The monoisotopic (exact) mass is 743 g/mol. The molecule has 4 aliphatic carbocycles. The summed E-state index contributed by atoms with van der Waals surface area (Å²) < 4.78 is 0. The Morgan fingerprint density at radius 2 is 0.897 bits per heavy atom. The van der Waals surface area contributed by atoms with Gasteiger partial charge < -0.3 is 4.90 Å². The van der Waals surface area contributed by atoms with Crippen molar-refractivity contribution in [1.29, 1.82) is 0 Å². The van der Waals surface area contributed by atoms with Gasteiger partial charge >= 0.3 is 0 Å². The van der Waals surface area contributed by atoms with Gasteiger partial charge in [0.05, 0.1) is 11.1 Å². The molecule has 12 rings (SSSR count). The molecule has 58 heavy (non-hydrogen) atoms. The molecule has 0 heterocycles. The largest absolute Gasteiger partial charge is 0.310 e. The molecule has 0 N–H and O–H groups in total. The van der Waals surface area contributed by atoms with E-state index in [2.05, 4.69) is 196 Å². The summed E-state index contributed by atoms with van der Waals surface area (Å²) in [5.41, 5.74) is 26.2. The first-order chi connectivity index (χ1) is 28.4. The molecule has 0 saturated carbocycles. The van der Waals surface area contributed by atoms with Crippen molar-refractivity contribution in [3.05, 3.63) is 220 Å². The molecular weight excluding hydrogens is 699 g/mol. The third kappa shape index (κ3) is 4.48. The molecule has 0 bridgehead atoms. The molecule has 4 aliphatic rings. The summed E-state index contributed by atoms with van der Waals surface area (Å²) in [5, 5.41) is 0. The summed E-state index contributed by atoms with van der Waals surface area (Å²) in [4.78, 5) is 2.57. The fraction of sp³-hybridized carbons (Fsp3) is 0.158. The number of hydrogen-bond donors (Lipinski definition) is 0. The van der Waals surface area contributed by atoms with Crippen LogP contribution in [0, 0.1) is 6.92 Å². The standard InChI is InChI=1S/C57H45N/c1-36-31-37-17-7-8-18-38(37)32-46(36)48-34-47-44-24-12-16-28-52(44)57(50-26-14-10-22-42(50)43-23-11-15-27-51(43)57)54(47)35-55(48)58(39-19-5-4-6-20-39)40-29-30-45-41-21-9-13-25-49(41)56(2,3)53(45)33-40/h4-6,9-16,19-35H,7-8,17-18H2,1-3H3. The van der Waals surface area contributed by atoms with Crippen LogP contribution in [0.2, 0.25) is 0 Å². The fourth-order valence-electron chi connectivity index (χ4n) is 11.6. The Morgan fingerprint density at radius 3 is 1.53 bits per heavy atom. The fourth-order valence-corrected chi connectivity index (χ4v) is 11.6. The molecule has 1 spiro atoms. The summed E-state index contributed by atoms with van der Waals surface area (Å²) in [7, 11) is 0. The topological polar surface area (TPSA) is 3.24 Å². The van der Waals surface area contributed by atoms with E-state index in [4.69, 9.17) is 0 Å². The molecule has 1 nitrogen and oxygen atoms in total. The van der Waals surface area contributed by atoms with E-state index < -0.39 is 5.41 Å². The second-order valence-electron chi connectivity index (χ2n) is 17.5. The van der Waals surface area contributed by atoms with Crippen LogP contribution < -0.4 is 4.90 Å². The van der Waals surface area contributed by atoms with Gasteiger partial charge in [-0.15, -0.1) is 0 Å². The Morgan fingerprint density at radius 1 is 0.379 bits per heavy atom. The average molecular weight is 744 g/mol. The zero-order valence-electron chi connectivity index (χ0n) is 33.4. The van der Waals surface area contributed by atoms with E-state index in [9.17, 15) is 0 Å². The molecule has 0 saturated heterocycles. The van der Waals surface area contributed by atoms with Crippen molar-refractivity contribution < 1.29 is 0 Å². The minimum Gasteiger partial charge on any atom is -0.310 e. The van der Waals surface area contributed by atoms with Gasteiger partial charge in [0.25, 0.3) is 0 Å². The van der Waals surface area contributed by atoms with Crippen molar-refractivity contribution in [1.82, 2.24) is 0 Å². The van der Waals surface area contributed by atoms with Crippen molar-refractivity contribution in [3.8, 4) is 44.5 Å².